The Morgan fingerprint density at radius 2 is 1.65 bits per heavy atom. The summed E-state index contributed by atoms with van der Waals surface area (Å²) in [7, 11) is 0. The molecule has 2 saturated heterocycles. The SMILES string of the molecule is CCCCOC(=O)N1CCN(C(=O)CNC(=O)c2cc(OCC(=O)N3CCNCC3)c3ccc(C)cc3n2)CC1. The summed E-state index contributed by atoms with van der Waals surface area (Å²) in [5, 5.41) is 6.56. The van der Waals surface area contributed by atoms with E-state index in [1.165, 1.54) is 6.07 Å². The molecule has 0 aliphatic carbocycles. The highest BCUT2D eigenvalue weighted by Crippen LogP contribution is 2.26. The lowest BCUT2D eigenvalue weighted by molar-refractivity contribution is -0.134. The minimum absolute atomic E-state index is 0.0927. The number of rotatable bonds is 9. The lowest BCUT2D eigenvalue weighted by Gasteiger charge is -2.34. The molecule has 4 rings (SSSR count). The average molecular weight is 555 g/mol. The van der Waals surface area contributed by atoms with E-state index in [2.05, 4.69) is 15.6 Å². The number of fused-ring (bicyclic) bond motifs is 1. The number of hydrogen-bond acceptors (Lipinski definition) is 8. The number of piperazine rings is 2. The summed E-state index contributed by atoms with van der Waals surface area (Å²) in [6.07, 6.45) is 1.40. The first-order valence-electron chi connectivity index (χ1n) is 13.9. The fourth-order valence-corrected chi connectivity index (χ4v) is 4.58. The van der Waals surface area contributed by atoms with Gasteiger partial charge in [-0.3, -0.25) is 14.4 Å². The second kappa shape index (κ2) is 13.9. The summed E-state index contributed by atoms with van der Waals surface area (Å²) >= 11 is 0. The van der Waals surface area contributed by atoms with Gasteiger partial charge in [0.05, 0.1) is 18.7 Å². The van der Waals surface area contributed by atoms with Gasteiger partial charge in [0.25, 0.3) is 11.8 Å². The molecule has 12 heteroatoms. The van der Waals surface area contributed by atoms with Crippen LogP contribution in [0.4, 0.5) is 4.79 Å². The number of pyridine rings is 1. The average Bonchev–Trinajstić information content (AvgIpc) is 2.98. The first kappa shape index (κ1) is 29.1. The molecule has 4 amide bonds. The summed E-state index contributed by atoms with van der Waals surface area (Å²) in [4.78, 5) is 60.0. The largest absolute Gasteiger partial charge is 0.483 e. The number of aromatic nitrogens is 1. The maximum atomic E-state index is 13.0. The van der Waals surface area contributed by atoms with Gasteiger partial charge >= 0.3 is 6.09 Å². The molecular formula is C28H38N6O6. The van der Waals surface area contributed by atoms with Gasteiger partial charge in [0.1, 0.15) is 11.4 Å². The Hall–Kier alpha value is -3.93. The molecule has 2 N–H and O–H groups in total. The fourth-order valence-electron chi connectivity index (χ4n) is 4.58. The number of amides is 4. The molecule has 2 aliphatic rings. The van der Waals surface area contributed by atoms with Gasteiger partial charge in [0.15, 0.2) is 6.61 Å². The molecule has 3 heterocycles. The van der Waals surface area contributed by atoms with Crippen LogP contribution in [-0.2, 0) is 14.3 Å². The summed E-state index contributed by atoms with van der Waals surface area (Å²) in [5.74, 6) is -0.508. The Bertz CT molecular complexity index is 1220. The highest BCUT2D eigenvalue weighted by atomic mass is 16.6. The van der Waals surface area contributed by atoms with Gasteiger partial charge in [-0.25, -0.2) is 9.78 Å². The van der Waals surface area contributed by atoms with Gasteiger partial charge in [-0.1, -0.05) is 19.4 Å². The summed E-state index contributed by atoms with van der Waals surface area (Å²) in [6.45, 7) is 8.21. The lowest BCUT2D eigenvalue weighted by atomic mass is 10.1. The molecule has 0 bridgehead atoms. The van der Waals surface area contributed by atoms with Crippen molar-refractivity contribution in [2.45, 2.75) is 26.7 Å². The third-order valence-electron chi connectivity index (χ3n) is 7.00. The Kier molecular flexibility index (Phi) is 10.1. The molecule has 40 heavy (non-hydrogen) atoms. The van der Waals surface area contributed by atoms with Crippen molar-refractivity contribution in [1.82, 2.24) is 30.3 Å². The van der Waals surface area contributed by atoms with Gasteiger partial charge in [0, 0.05) is 63.8 Å². The normalized spacial score (nSPS) is 15.6. The molecular weight excluding hydrogens is 516 g/mol. The van der Waals surface area contributed by atoms with Crippen LogP contribution in [0.25, 0.3) is 10.9 Å². The minimum Gasteiger partial charge on any atom is -0.483 e. The van der Waals surface area contributed by atoms with E-state index in [0.29, 0.717) is 62.5 Å². The Morgan fingerprint density at radius 1 is 0.950 bits per heavy atom. The van der Waals surface area contributed by atoms with Gasteiger partial charge < -0.3 is 34.8 Å². The molecule has 0 spiro atoms. The molecule has 12 nitrogen and oxygen atoms in total. The second-order valence-corrected chi connectivity index (χ2v) is 9.96. The lowest BCUT2D eigenvalue weighted by Crippen LogP contribution is -2.52. The van der Waals surface area contributed by atoms with Crippen LogP contribution in [-0.4, -0.2) is 116 Å². The van der Waals surface area contributed by atoms with Crippen molar-refractivity contribution >= 4 is 34.7 Å². The van der Waals surface area contributed by atoms with Gasteiger partial charge in [-0.05, 0) is 31.0 Å². The van der Waals surface area contributed by atoms with E-state index in [-0.39, 0.29) is 36.8 Å². The van der Waals surface area contributed by atoms with Gasteiger partial charge in [-0.2, -0.15) is 0 Å². The first-order valence-corrected chi connectivity index (χ1v) is 13.9. The number of hydrogen-bond donors (Lipinski definition) is 2. The van der Waals surface area contributed by atoms with Crippen LogP contribution in [0, 0.1) is 6.92 Å². The Morgan fingerprint density at radius 3 is 2.38 bits per heavy atom. The Labute approximate surface area is 234 Å². The zero-order valence-electron chi connectivity index (χ0n) is 23.2. The van der Waals surface area contributed by atoms with E-state index in [1.54, 1.807) is 14.7 Å². The van der Waals surface area contributed by atoms with E-state index in [9.17, 15) is 19.2 Å². The van der Waals surface area contributed by atoms with Crippen LogP contribution in [0.5, 0.6) is 5.75 Å². The quantitative estimate of drug-likeness (QED) is 0.442. The zero-order chi connectivity index (χ0) is 28.5. The molecule has 2 fully saturated rings. The molecule has 0 saturated carbocycles. The van der Waals surface area contributed by atoms with Crippen molar-refractivity contribution in [1.29, 1.82) is 0 Å². The monoisotopic (exact) mass is 554 g/mol. The van der Waals surface area contributed by atoms with Crippen molar-refractivity contribution < 1.29 is 28.7 Å². The van der Waals surface area contributed by atoms with E-state index < -0.39 is 5.91 Å². The van der Waals surface area contributed by atoms with E-state index in [4.69, 9.17) is 9.47 Å². The molecule has 0 atom stereocenters. The van der Waals surface area contributed by atoms with Crippen LogP contribution in [0.1, 0.15) is 35.8 Å². The highest BCUT2D eigenvalue weighted by molar-refractivity contribution is 5.98. The molecule has 1 aromatic heterocycles. The third-order valence-corrected chi connectivity index (χ3v) is 7.00. The van der Waals surface area contributed by atoms with Crippen LogP contribution < -0.4 is 15.4 Å². The number of unbranched alkanes of at least 4 members (excludes halogenated alkanes) is 1. The van der Waals surface area contributed by atoms with Crippen molar-refractivity contribution in [2.75, 3.05) is 72.1 Å². The number of benzene rings is 1. The molecule has 0 unspecified atom stereocenters. The molecule has 2 aromatic rings. The van der Waals surface area contributed by atoms with E-state index >= 15 is 0 Å². The van der Waals surface area contributed by atoms with Crippen molar-refractivity contribution in [3.8, 4) is 5.75 Å². The molecule has 2 aliphatic heterocycles. The smallest absolute Gasteiger partial charge is 0.409 e. The predicted molar refractivity (Wildman–Crippen MR) is 148 cm³/mol. The molecule has 216 valence electrons. The van der Waals surface area contributed by atoms with Crippen LogP contribution in [0.2, 0.25) is 0 Å². The van der Waals surface area contributed by atoms with Gasteiger partial charge in [-0.15, -0.1) is 0 Å². The molecule has 0 radical (unpaired) electrons. The van der Waals surface area contributed by atoms with Crippen molar-refractivity contribution in [2.24, 2.45) is 0 Å². The van der Waals surface area contributed by atoms with Crippen molar-refractivity contribution in [3.63, 3.8) is 0 Å². The fraction of sp³-hybridized carbons (Fsp3) is 0.536. The zero-order valence-corrected chi connectivity index (χ0v) is 23.2. The number of nitrogens with one attached hydrogen (secondary N) is 2. The van der Waals surface area contributed by atoms with Crippen LogP contribution >= 0.6 is 0 Å². The summed E-state index contributed by atoms with van der Waals surface area (Å²) < 4.78 is 11.1. The van der Waals surface area contributed by atoms with E-state index in [1.807, 2.05) is 32.0 Å². The van der Waals surface area contributed by atoms with Crippen LogP contribution in [0.3, 0.4) is 0 Å². The number of ether oxygens (including phenoxy) is 2. The number of aryl methyl sites for hydroxylation is 1. The Balaban J connectivity index is 1.34. The van der Waals surface area contributed by atoms with Crippen LogP contribution in [0.15, 0.2) is 24.3 Å². The first-order chi connectivity index (χ1) is 19.4. The minimum atomic E-state index is -0.520. The number of carbonyl (C=O) groups is 4. The second-order valence-electron chi connectivity index (χ2n) is 9.96. The third kappa shape index (κ3) is 7.59. The van der Waals surface area contributed by atoms with Gasteiger partial charge in [0.2, 0.25) is 5.91 Å². The maximum absolute atomic E-state index is 13.0. The number of carbonyl (C=O) groups excluding carboxylic acids is 4. The topological polar surface area (TPSA) is 133 Å². The summed E-state index contributed by atoms with van der Waals surface area (Å²) in [6, 6.07) is 7.12. The van der Waals surface area contributed by atoms with E-state index in [0.717, 1.165) is 31.5 Å². The highest BCUT2D eigenvalue weighted by Gasteiger charge is 2.25. The standard InChI is InChI=1S/C28H38N6O6/c1-3-4-15-39-28(38)34-13-11-33(12-14-34)25(35)18-30-27(37)23-17-24(21-6-5-20(2)16-22(21)31-23)40-19-26(36)32-9-7-29-8-10-32/h5-6,16-17,29H,3-4,7-15,18-19H2,1-2H3,(H,30,37). The number of nitrogens with zero attached hydrogens (tertiary/aromatic N) is 4. The predicted octanol–water partition coefficient (Wildman–Crippen LogP) is 1.16. The summed E-state index contributed by atoms with van der Waals surface area (Å²) in [5.41, 5.74) is 1.62. The molecule has 1 aromatic carbocycles. The van der Waals surface area contributed by atoms with Crippen molar-refractivity contribution in [3.05, 3.63) is 35.5 Å². The maximum Gasteiger partial charge on any atom is 0.409 e.